The number of benzene rings is 1. The van der Waals surface area contributed by atoms with Gasteiger partial charge in [0.15, 0.2) is 5.75 Å². The van der Waals surface area contributed by atoms with Gasteiger partial charge in [0.2, 0.25) is 0 Å². The first-order valence-corrected chi connectivity index (χ1v) is 4.16. The number of hydrogen-bond acceptors (Lipinski definition) is 4. The van der Waals surface area contributed by atoms with Gasteiger partial charge in [-0.3, -0.25) is 0 Å². The second-order valence-corrected chi connectivity index (χ2v) is 3.12. The Morgan fingerprint density at radius 3 is 2.57 bits per heavy atom. The second-order valence-electron chi connectivity index (χ2n) is 2.74. The maximum atomic E-state index is 11.1. The molecule has 0 spiro atoms. The molecule has 0 aromatic heterocycles. The lowest BCUT2D eigenvalue weighted by Gasteiger charge is -2.08. The number of ether oxygens (including phenoxy) is 1. The Bertz CT molecular complexity index is 387. The van der Waals surface area contributed by atoms with Gasteiger partial charge >= 0.3 is 5.97 Å². The molecule has 0 unspecified atom stereocenters. The van der Waals surface area contributed by atoms with E-state index in [1.165, 1.54) is 6.07 Å². The lowest BCUT2D eigenvalue weighted by atomic mass is 10.1. The summed E-state index contributed by atoms with van der Waals surface area (Å²) in [5, 5.41) is 18.9. The lowest BCUT2D eigenvalue weighted by Crippen LogP contribution is -2.02. The van der Waals surface area contributed by atoms with E-state index in [-0.39, 0.29) is 16.3 Å². The van der Waals surface area contributed by atoms with Crippen LogP contribution in [0, 0.1) is 6.92 Å². The van der Waals surface area contributed by atoms with Gasteiger partial charge in [0.25, 0.3) is 0 Å². The van der Waals surface area contributed by atoms with Crippen LogP contribution in [-0.4, -0.2) is 23.3 Å². The van der Waals surface area contributed by atoms with Crippen molar-refractivity contribution in [2.45, 2.75) is 6.92 Å². The van der Waals surface area contributed by atoms with Gasteiger partial charge in [-0.15, -0.1) is 0 Å². The van der Waals surface area contributed by atoms with Crippen molar-refractivity contribution in [1.82, 2.24) is 0 Å². The van der Waals surface area contributed by atoms with E-state index in [4.69, 9.17) is 11.6 Å². The first kappa shape index (κ1) is 10.7. The van der Waals surface area contributed by atoms with Crippen LogP contribution >= 0.6 is 11.6 Å². The van der Waals surface area contributed by atoms with Crippen molar-refractivity contribution in [3.63, 3.8) is 0 Å². The van der Waals surface area contributed by atoms with Crippen LogP contribution in [-0.2, 0) is 4.74 Å². The molecule has 0 heterocycles. The van der Waals surface area contributed by atoms with Gasteiger partial charge < -0.3 is 14.9 Å². The van der Waals surface area contributed by atoms with E-state index >= 15 is 0 Å². The van der Waals surface area contributed by atoms with Crippen LogP contribution in [0.1, 0.15) is 15.9 Å². The number of carbonyl (C=O) groups is 1. The minimum Gasteiger partial charge on any atom is -0.507 e. The van der Waals surface area contributed by atoms with E-state index in [2.05, 4.69) is 4.74 Å². The van der Waals surface area contributed by atoms with Gasteiger partial charge in [-0.25, -0.2) is 4.79 Å². The van der Waals surface area contributed by atoms with Crippen molar-refractivity contribution in [2.75, 3.05) is 7.11 Å². The standard InChI is InChI=1S/C9H9ClO4/c1-4-3-5(11)6(9(13)14-2)8(12)7(4)10/h3,11-12H,1-2H3. The third kappa shape index (κ3) is 1.61. The summed E-state index contributed by atoms with van der Waals surface area (Å²) < 4.78 is 4.38. The van der Waals surface area contributed by atoms with Gasteiger partial charge in [-0.1, -0.05) is 11.6 Å². The zero-order valence-corrected chi connectivity index (χ0v) is 8.42. The quantitative estimate of drug-likeness (QED) is 0.703. The predicted molar refractivity (Wildman–Crippen MR) is 50.9 cm³/mol. The maximum absolute atomic E-state index is 11.1. The molecule has 14 heavy (non-hydrogen) atoms. The predicted octanol–water partition coefficient (Wildman–Crippen LogP) is 1.85. The van der Waals surface area contributed by atoms with Gasteiger partial charge in [-0.05, 0) is 18.6 Å². The summed E-state index contributed by atoms with van der Waals surface area (Å²) in [6, 6.07) is 1.29. The van der Waals surface area contributed by atoms with Crippen LogP contribution in [0.3, 0.4) is 0 Å². The van der Waals surface area contributed by atoms with E-state index in [1.807, 2.05) is 0 Å². The van der Waals surface area contributed by atoms with E-state index in [0.717, 1.165) is 7.11 Å². The molecule has 0 amide bonds. The fourth-order valence-electron chi connectivity index (χ4n) is 1.06. The number of carbonyl (C=O) groups excluding carboxylic acids is 1. The van der Waals surface area contributed by atoms with Gasteiger partial charge in [0.1, 0.15) is 11.3 Å². The molecule has 0 bridgehead atoms. The topological polar surface area (TPSA) is 66.8 Å². The normalized spacial score (nSPS) is 9.93. The number of halogens is 1. The minimum absolute atomic E-state index is 0.0307. The van der Waals surface area contributed by atoms with Crippen molar-refractivity contribution in [2.24, 2.45) is 0 Å². The maximum Gasteiger partial charge on any atom is 0.345 e. The Balaban J connectivity index is 3.44. The Labute approximate surface area is 85.7 Å². The summed E-state index contributed by atoms with van der Waals surface area (Å²) in [7, 11) is 1.15. The molecule has 0 atom stereocenters. The number of phenolic OH excluding ortho intramolecular Hbond substituents is 2. The second kappa shape index (κ2) is 3.75. The van der Waals surface area contributed by atoms with Crippen LogP contribution in [0.5, 0.6) is 11.5 Å². The molecule has 76 valence electrons. The summed E-state index contributed by atoms with van der Waals surface area (Å²) >= 11 is 5.69. The summed E-state index contributed by atoms with van der Waals surface area (Å²) in [6.45, 7) is 1.60. The molecule has 4 nitrogen and oxygen atoms in total. The number of aromatic hydroxyl groups is 2. The molecule has 0 fully saturated rings. The molecule has 0 aliphatic rings. The molecule has 1 aromatic rings. The zero-order chi connectivity index (χ0) is 10.9. The molecular weight excluding hydrogens is 208 g/mol. The molecular formula is C9H9ClO4. The van der Waals surface area contributed by atoms with E-state index in [9.17, 15) is 15.0 Å². The van der Waals surface area contributed by atoms with Gasteiger partial charge in [0, 0.05) is 0 Å². The Hall–Kier alpha value is -1.42. The summed E-state index contributed by atoms with van der Waals surface area (Å²) in [4.78, 5) is 11.1. The highest BCUT2D eigenvalue weighted by molar-refractivity contribution is 6.33. The zero-order valence-electron chi connectivity index (χ0n) is 7.67. The van der Waals surface area contributed by atoms with Gasteiger partial charge in [0.05, 0.1) is 12.1 Å². The number of rotatable bonds is 1. The summed E-state index contributed by atoms with van der Waals surface area (Å²) in [5.41, 5.74) is 0.164. The number of esters is 1. The molecule has 0 radical (unpaired) electrons. The highest BCUT2D eigenvalue weighted by atomic mass is 35.5. The summed E-state index contributed by atoms with van der Waals surface area (Å²) in [5.74, 6) is -1.64. The highest BCUT2D eigenvalue weighted by Crippen LogP contribution is 2.36. The Morgan fingerprint density at radius 2 is 2.07 bits per heavy atom. The molecule has 0 aliphatic carbocycles. The smallest absolute Gasteiger partial charge is 0.345 e. The third-order valence-corrected chi connectivity index (χ3v) is 2.27. The number of methoxy groups -OCH3 is 1. The lowest BCUT2D eigenvalue weighted by molar-refractivity contribution is 0.0594. The summed E-state index contributed by atoms with van der Waals surface area (Å²) in [6.07, 6.45) is 0. The van der Waals surface area contributed by atoms with Crippen LogP contribution in [0.4, 0.5) is 0 Å². The number of hydrogen-bond donors (Lipinski definition) is 2. The van der Waals surface area contributed by atoms with E-state index in [1.54, 1.807) is 6.92 Å². The van der Waals surface area contributed by atoms with Crippen molar-refractivity contribution in [3.05, 3.63) is 22.2 Å². The fraction of sp³-hybridized carbons (Fsp3) is 0.222. The molecule has 5 heteroatoms. The average molecular weight is 217 g/mol. The number of aryl methyl sites for hydroxylation is 1. The Morgan fingerprint density at radius 1 is 1.50 bits per heavy atom. The van der Waals surface area contributed by atoms with Crippen LogP contribution in [0.15, 0.2) is 6.07 Å². The fourth-order valence-corrected chi connectivity index (χ4v) is 1.21. The van der Waals surface area contributed by atoms with Crippen molar-refractivity contribution in [3.8, 4) is 11.5 Å². The SMILES string of the molecule is COC(=O)c1c(O)cc(C)c(Cl)c1O. The van der Waals surface area contributed by atoms with Gasteiger partial charge in [-0.2, -0.15) is 0 Å². The van der Waals surface area contributed by atoms with E-state index in [0.29, 0.717) is 5.56 Å². The molecule has 0 aliphatic heterocycles. The highest BCUT2D eigenvalue weighted by Gasteiger charge is 2.20. The monoisotopic (exact) mass is 216 g/mol. The molecule has 1 rings (SSSR count). The van der Waals surface area contributed by atoms with Crippen molar-refractivity contribution in [1.29, 1.82) is 0 Å². The number of phenols is 2. The van der Waals surface area contributed by atoms with Crippen LogP contribution in [0.2, 0.25) is 5.02 Å². The molecule has 1 aromatic carbocycles. The van der Waals surface area contributed by atoms with E-state index < -0.39 is 11.7 Å². The molecule has 0 saturated heterocycles. The average Bonchev–Trinajstić information content (AvgIpc) is 2.14. The van der Waals surface area contributed by atoms with Crippen LogP contribution < -0.4 is 0 Å². The third-order valence-electron chi connectivity index (χ3n) is 1.79. The molecule has 0 saturated carbocycles. The molecule has 2 N–H and O–H groups in total. The van der Waals surface area contributed by atoms with Crippen LogP contribution in [0.25, 0.3) is 0 Å². The van der Waals surface area contributed by atoms with Crippen molar-refractivity contribution < 1.29 is 19.7 Å². The largest absolute Gasteiger partial charge is 0.507 e. The first-order chi connectivity index (χ1) is 6.49. The van der Waals surface area contributed by atoms with Crippen molar-refractivity contribution >= 4 is 17.6 Å². The Kier molecular flexibility index (Phi) is 2.86. The first-order valence-electron chi connectivity index (χ1n) is 3.78. The minimum atomic E-state index is -0.832.